The summed E-state index contributed by atoms with van der Waals surface area (Å²) in [5.74, 6) is -0.416. The maximum Gasteiger partial charge on any atom is 0.315 e. The first-order chi connectivity index (χ1) is 9.97. The average molecular weight is 330 g/mol. The lowest BCUT2D eigenvalue weighted by molar-refractivity contribution is 0.0880. The van der Waals surface area contributed by atoms with Gasteiger partial charge in [-0.3, -0.25) is 4.79 Å². The molecule has 0 aliphatic rings. The van der Waals surface area contributed by atoms with Crippen LogP contribution >= 0.6 is 23.2 Å². The molecule has 0 bridgehead atoms. The monoisotopic (exact) mass is 329 g/mol. The zero-order chi connectivity index (χ0) is 15.4. The molecule has 8 heteroatoms. The molecule has 0 saturated heterocycles. The Bertz CT molecular complexity index is 623. The van der Waals surface area contributed by atoms with Gasteiger partial charge in [-0.1, -0.05) is 34.4 Å². The van der Waals surface area contributed by atoms with Gasteiger partial charge in [0.2, 0.25) is 0 Å². The molecule has 0 unspecified atom stereocenters. The van der Waals surface area contributed by atoms with E-state index >= 15 is 0 Å². The number of halogens is 2. The lowest BCUT2D eigenvalue weighted by atomic mass is 10.1. The summed E-state index contributed by atoms with van der Waals surface area (Å²) in [5.41, 5.74) is 0.664. The van der Waals surface area contributed by atoms with Crippen molar-refractivity contribution in [3.8, 4) is 0 Å². The Morgan fingerprint density at radius 3 is 2.71 bits per heavy atom. The van der Waals surface area contributed by atoms with Crippen molar-refractivity contribution in [3.05, 3.63) is 45.5 Å². The zero-order valence-electron chi connectivity index (χ0n) is 11.1. The van der Waals surface area contributed by atoms with Gasteiger partial charge in [0.25, 0.3) is 0 Å². The standard InChI is InChI=1S/C13H13Cl2N3O3/c1-7(19)6-16-12(20)13-17-11(18-21-13)5-8-9(14)3-2-4-10(8)15/h2-4,7,19H,5-6H2,1H3,(H,16,20)/t7-/m1/s1. The van der Waals surface area contributed by atoms with Crippen LogP contribution < -0.4 is 5.32 Å². The number of carbonyl (C=O) groups is 1. The first-order valence-corrected chi connectivity index (χ1v) is 6.94. The Kier molecular flexibility index (Phi) is 5.17. The minimum atomic E-state index is -0.654. The summed E-state index contributed by atoms with van der Waals surface area (Å²) in [5, 5.41) is 16.3. The third-order valence-corrected chi connectivity index (χ3v) is 3.33. The number of aliphatic hydroxyl groups excluding tert-OH is 1. The van der Waals surface area contributed by atoms with Crippen molar-refractivity contribution in [2.24, 2.45) is 0 Å². The van der Waals surface area contributed by atoms with Gasteiger partial charge in [0, 0.05) is 23.0 Å². The van der Waals surface area contributed by atoms with Gasteiger partial charge >= 0.3 is 11.8 Å². The van der Waals surface area contributed by atoms with E-state index < -0.39 is 12.0 Å². The fourth-order valence-electron chi connectivity index (χ4n) is 1.59. The molecule has 21 heavy (non-hydrogen) atoms. The predicted octanol–water partition coefficient (Wildman–Crippen LogP) is 2.08. The third kappa shape index (κ3) is 4.17. The minimum Gasteiger partial charge on any atom is -0.392 e. The van der Waals surface area contributed by atoms with Crippen LogP contribution in [0, 0.1) is 0 Å². The molecule has 2 aromatic rings. The predicted molar refractivity (Wildman–Crippen MR) is 77.6 cm³/mol. The van der Waals surface area contributed by atoms with Crippen molar-refractivity contribution in [2.45, 2.75) is 19.4 Å². The van der Waals surface area contributed by atoms with Gasteiger partial charge in [-0.25, -0.2) is 0 Å². The van der Waals surface area contributed by atoms with Crippen LogP contribution in [-0.4, -0.2) is 33.8 Å². The minimum absolute atomic E-state index is 0.104. The molecule has 1 amide bonds. The fourth-order valence-corrected chi connectivity index (χ4v) is 2.12. The summed E-state index contributed by atoms with van der Waals surface area (Å²) >= 11 is 12.1. The van der Waals surface area contributed by atoms with Crippen molar-refractivity contribution in [3.63, 3.8) is 0 Å². The van der Waals surface area contributed by atoms with Gasteiger partial charge in [0.05, 0.1) is 6.10 Å². The van der Waals surface area contributed by atoms with Crippen molar-refractivity contribution in [2.75, 3.05) is 6.54 Å². The molecule has 0 saturated carbocycles. The largest absolute Gasteiger partial charge is 0.392 e. The van der Waals surface area contributed by atoms with E-state index in [1.807, 2.05) is 0 Å². The Morgan fingerprint density at radius 2 is 2.10 bits per heavy atom. The second-order valence-electron chi connectivity index (χ2n) is 4.45. The number of benzene rings is 1. The highest BCUT2D eigenvalue weighted by atomic mass is 35.5. The average Bonchev–Trinajstić information content (AvgIpc) is 2.89. The van der Waals surface area contributed by atoms with E-state index in [0.717, 1.165) is 0 Å². The third-order valence-electron chi connectivity index (χ3n) is 2.62. The number of aromatic nitrogens is 2. The summed E-state index contributed by atoms with van der Waals surface area (Å²) in [6.07, 6.45) is -0.399. The molecule has 2 rings (SSSR count). The molecule has 0 radical (unpaired) electrons. The second-order valence-corrected chi connectivity index (χ2v) is 5.27. The first kappa shape index (κ1) is 15.8. The molecular weight excluding hydrogens is 317 g/mol. The van der Waals surface area contributed by atoms with E-state index in [0.29, 0.717) is 21.4 Å². The van der Waals surface area contributed by atoms with E-state index in [2.05, 4.69) is 15.5 Å². The molecule has 1 aromatic heterocycles. The zero-order valence-corrected chi connectivity index (χ0v) is 12.6. The summed E-state index contributed by atoms with van der Waals surface area (Å²) in [4.78, 5) is 15.7. The lowest BCUT2D eigenvalue weighted by Crippen LogP contribution is -2.30. The smallest absolute Gasteiger partial charge is 0.315 e. The van der Waals surface area contributed by atoms with Crippen LogP contribution in [-0.2, 0) is 6.42 Å². The maximum absolute atomic E-state index is 11.7. The molecule has 1 atom stereocenters. The van der Waals surface area contributed by atoms with Crippen LogP contribution in [0.25, 0.3) is 0 Å². The van der Waals surface area contributed by atoms with Gasteiger partial charge in [-0.15, -0.1) is 0 Å². The number of hydrogen-bond donors (Lipinski definition) is 2. The quantitative estimate of drug-likeness (QED) is 0.876. The van der Waals surface area contributed by atoms with Gasteiger partial charge in [-0.2, -0.15) is 4.98 Å². The number of hydrogen-bond acceptors (Lipinski definition) is 5. The molecule has 0 aliphatic heterocycles. The van der Waals surface area contributed by atoms with Crippen LogP contribution in [0.2, 0.25) is 10.0 Å². The van der Waals surface area contributed by atoms with Crippen molar-refractivity contribution in [1.29, 1.82) is 0 Å². The highest BCUT2D eigenvalue weighted by Crippen LogP contribution is 2.26. The fraction of sp³-hybridized carbons (Fsp3) is 0.308. The van der Waals surface area contributed by atoms with E-state index in [4.69, 9.17) is 32.8 Å². The molecule has 112 valence electrons. The summed E-state index contributed by atoms with van der Waals surface area (Å²) < 4.78 is 4.87. The van der Waals surface area contributed by atoms with Crippen LogP contribution in [0.1, 0.15) is 29.0 Å². The molecule has 2 N–H and O–H groups in total. The number of aliphatic hydroxyl groups is 1. The number of carbonyl (C=O) groups excluding carboxylic acids is 1. The van der Waals surface area contributed by atoms with E-state index in [9.17, 15) is 4.79 Å². The Morgan fingerprint density at radius 1 is 1.43 bits per heavy atom. The highest BCUT2D eigenvalue weighted by molar-refractivity contribution is 6.36. The van der Waals surface area contributed by atoms with E-state index in [1.54, 1.807) is 25.1 Å². The van der Waals surface area contributed by atoms with Crippen molar-refractivity contribution in [1.82, 2.24) is 15.5 Å². The van der Waals surface area contributed by atoms with Crippen molar-refractivity contribution >= 4 is 29.1 Å². The normalized spacial score (nSPS) is 12.2. The van der Waals surface area contributed by atoms with Crippen molar-refractivity contribution < 1.29 is 14.4 Å². The lowest BCUT2D eigenvalue weighted by Gasteiger charge is -2.03. The van der Waals surface area contributed by atoms with Gasteiger partial charge < -0.3 is 14.9 Å². The SMILES string of the molecule is C[C@@H](O)CNC(=O)c1nc(Cc2c(Cl)cccc2Cl)no1. The van der Waals surface area contributed by atoms with Crippen LogP contribution in [0.4, 0.5) is 0 Å². The molecule has 0 spiro atoms. The Balaban J connectivity index is 2.08. The number of amides is 1. The highest BCUT2D eigenvalue weighted by Gasteiger charge is 2.17. The maximum atomic E-state index is 11.7. The summed E-state index contributed by atoms with van der Waals surface area (Å²) in [6.45, 7) is 1.66. The van der Waals surface area contributed by atoms with Gasteiger partial charge in [-0.05, 0) is 24.6 Å². The van der Waals surface area contributed by atoms with Crippen LogP contribution in [0.15, 0.2) is 22.7 Å². The molecule has 0 aliphatic carbocycles. The number of nitrogens with one attached hydrogen (secondary N) is 1. The van der Waals surface area contributed by atoms with E-state index in [-0.39, 0.29) is 18.9 Å². The summed E-state index contributed by atoms with van der Waals surface area (Å²) in [6, 6.07) is 5.15. The topological polar surface area (TPSA) is 88.2 Å². The Hall–Kier alpha value is -1.63. The van der Waals surface area contributed by atoms with Gasteiger partial charge in [0.1, 0.15) is 0 Å². The van der Waals surface area contributed by atoms with E-state index in [1.165, 1.54) is 0 Å². The molecular formula is C13H13Cl2N3O3. The second kappa shape index (κ2) is 6.89. The molecule has 1 aromatic carbocycles. The first-order valence-electron chi connectivity index (χ1n) is 6.19. The Labute approximate surface area is 131 Å². The molecule has 0 fully saturated rings. The van der Waals surface area contributed by atoms with Gasteiger partial charge in [0.15, 0.2) is 5.82 Å². The summed E-state index contributed by atoms with van der Waals surface area (Å²) in [7, 11) is 0. The van der Waals surface area contributed by atoms with Crippen LogP contribution in [0.3, 0.4) is 0 Å². The molecule has 6 nitrogen and oxygen atoms in total. The van der Waals surface area contributed by atoms with Crippen LogP contribution in [0.5, 0.6) is 0 Å². The molecule has 1 heterocycles. The number of rotatable bonds is 5. The number of nitrogens with zero attached hydrogens (tertiary/aromatic N) is 2.